The van der Waals surface area contributed by atoms with Crippen molar-refractivity contribution in [2.75, 3.05) is 32.0 Å². The predicted octanol–water partition coefficient (Wildman–Crippen LogP) is 1.22. The molecular formula is C15H22N2O4S. The first-order valence-corrected chi connectivity index (χ1v) is 8.59. The van der Waals surface area contributed by atoms with Gasteiger partial charge in [0.05, 0.1) is 23.5 Å². The summed E-state index contributed by atoms with van der Waals surface area (Å²) in [5, 5.41) is 0.502. The van der Waals surface area contributed by atoms with Crippen LogP contribution in [0.5, 0.6) is 0 Å². The zero-order valence-corrected chi connectivity index (χ0v) is 13.9. The standard InChI is InChI=1S/C15H22N2O4S/c1-3-21-15(20)7-14-17(13(19)10-22-14)9-12(18)16-6-4-5-11(2)8-16/h7,11H,3-6,8-10H2,1-2H3. The summed E-state index contributed by atoms with van der Waals surface area (Å²) in [6.07, 6.45) is 3.43. The van der Waals surface area contributed by atoms with Crippen LogP contribution >= 0.6 is 11.8 Å². The first-order chi connectivity index (χ1) is 10.5. The molecule has 0 aliphatic carbocycles. The molecule has 2 rings (SSSR count). The third kappa shape index (κ3) is 4.25. The second-order valence-electron chi connectivity index (χ2n) is 5.59. The van der Waals surface area contributed by atoms with E-state index in [2.05, 4.69) is 6.92 Å². The molecule has 2 amide bonds. The van der Waals surface area contributed by atoms with Gasteiger partial charge in [0.25, 0.3) is 0 Å². The van der Waals surface area contributed by atoms with Crippen LogP contribution in [0.2, 0.25) is 0 Å². The van der Waals surface area contributed by atoms with Crippen LogP contribution in [0.15, 0.2) is 11.1 Å². The maximum Gasteiger partial charge on any atom is 0.333 e. The van der Waals surface area contributed by atoms with Crippen LogP contribution in [0.1, 0.15) is 26.7 Å². The Morgan fingerprint density at radius 2 is 2.23 bits per heavy atom. The Kier molecular flexibility index (Phi) is 5.88. The van der Waals surface area contributed by atoms with E-state index in [-0.39, 0.29) is 30.7 Å². The van der Waals surface area contributed by atoms with Gasteiger partial charge in [0.15, 0.2) is 0 Å². The van der Waals surface area contributed by atoms with Crippen molar-refractivity contribution in [1.82, 2.24) is 9.80 Å². The van der Waals surface area contributed by atoms with Crippen LogP contribution in [0.3, 0.4) is 0 Å². The molecule has 0 N–H and O–H groups in total. The number of ether oxygens (including phenoxy) is 1. The number of carbonyl (C=O) groups excluding carboxylic acids is 3. The van der Waals surface area contributed by atoms with Gasteiger partial charge in [-0.05, 0) is 25.7 Å². The lowest BCUT2D eigenvalue weighted by Crippen LogP contribution is -2.44. The van der Waals surface area contributed by atoms with Crippen LogP contribution < -0.4 is 0 Å². The number of thioether (sulfide) groups is 1. The van der Waals surface area contributed by atoms with E-state index in [4.69, 9.17) is 4.74 Å². The first kappa shape index (κ1) is 16.9. The van der Waals surface area contributed by atoms with Gasteiger partial charge in [0.2, 0.25) is 11.8 Å². The molecular weight excluding hydrogens is 304 g/mol. The highest BCUT2D eigenvalue weighted by Crippen LogP contribution is 2.29. The molecule has 2 saturated heterocycles. The lowest BCUT2D eigenvalue weighted by Gasteiger charge is -2.32. The normalized spacial score (nSPS) is 24.0. The second-order valence-corrected chi connectivity index (χ2v) is 6.59. The van der Waals surface area contributed by atoms with Crippen molar-refractivity contribution in [3.8, 4) is 0 Å². The molecule has 0 aromatic heterocycles. The fraction of sp³-hybridized carbons (Fsp3) is 0.667. The molecule has 2 heterocycles. The minimum Gasteiger partial charge on any atom is -0.463 e. The van der Waals surface area contributed by atoms with E-state index in [9.17, 15) is 14.4 Å². The Balaban J connectivity index is 2.00. The Labute approximate surface area is 134 Å². The average Bonchev–Trinajstić information content (AvgIpc) is 2.80. The summed E-state index contributed by atoms with van der Waals surface area (Å²) in [6, 6.07) is 0. The van der Waals surface area contributed by atoms with Crippen molar-refractivity contribution in [3.63, 3.8) is 0 Å². The second kappa shape index (κ2) is 7.67. The molecule has 2 fully saturated rings. The SMILES string of the molecule is CCOC(=O)C=C1SCC(=O)N1CC(=O)N1CCCC(C)C1. The Hall–Kier alpha value is -1.50. The van der Waals surface area contributed by atoms with Crippen molar-refractivity contribution in [2.24, 2.45) is 5.92 Å². The molecule has 1 unspecified atom stereocenters. The molecule has 6 nitrogen and oxygen atoms in total. The molecule has 1 atom stereocenters. The minimum atomic E-state index is -0.483. The van der Waals surface area contributed by atoms with Gasteiger partial charge in [-0.25, -0.2) is 4.79 Å². The summed E-state index contributed by atoms with van der Waals surface area (Å²) in [5.74, 6) is 0.0744. The largest absolute Gasteiger partial charge is 0.463 e. The lowest BCUT2D eigenvalue weighted by molar-refractivity contribution is -0.139. The third-order valence-corrected chi connectivity index (χ3v) is 4.77. The van der Waals surface area contributed by atoms with Gasteiger partial charge in [-0.3, -0.25) is 14.5 Å². The molecule has 0 saturated carbocycles. The molecule has 0 radical (unpaired) electrons. The number of amides is 2. The molecule has 2 aliphatic heterocycles. The van der Waals surface area contributed by atoms with Crippen LogP contribution in [-0.4, -0.2) is 59.6 Å². The fourth-order valence-corrected chi connectivity index (χ4v) is 3.56. The highest BCUT2D eigenvalue weighted by Gasteiger charge is 2.31. The van der Waals surface area contributed by atoms with Crippen LogP contribution in [-0.2, 0) is 19.1 Å². The number of hydrogen-bond acceptors (Lipinski definition) is 5. The van der Waals surface area contributed by atoms with Gasteiger partial charge in [-0.15, -0.1) is 0 Å². The predicted molar refractivity (Wildman–Crippen MR) is 83.9 cm³/mol. The van der Waals surface area contributed by atoms with Gasteiger partial charge >= 0.3 is 5.97 Å². The Bertz CT molecular complexity index is 492. The fourth-order valence-electron chi connectivity index (χ4n) is 2.64. The number of rotatable bonds is 4. The van der Waals surface area contributed by atoms with Crippen molar-refractivity contribution in [2.45, 2.75) is 26.7 Å². The first-order valence-electron chi connectivity index (χ1n) is 7.60. The molecule has 22 heavy (non-hydrogen) atoms. The minimum absolute atomic E-state index is 0.00376. The van der Waals surface area contributed by atoms with Gasteiger partial charge in [0, 0.05) is 13.1 Å². The van der Waals surface area contributed by atoms with Crippen molar-refractivity contribution in [3.05, 3.63) is 11.1 Å². The zero-order chi connectivity index (χ0) is 16.1. The van der Waals surface area contributed by atoms with Crippen molar-refractivity contribution < 1.29 is 19.1 Å². The van der Waals surface area contributed by atoms with Crippen molar-refractivity contribution >= 4 is 29.5 Å². The number of hydrogen-bond donors (Lipinski definition) is 0. The Morgan fingerprint density at radius 3 is 2.91 bits per heavy atom. The lowest BCUT2D eigenvalue weighted by atomic mass is 10.0. The van der Waals surface area contributed by atoms with Gasteiger partial charge in [-0.2, -0.15) is 0 Å². The molecule has 0 aromatic carbocycles. The summed E-state index contributed by atoms with van der Waals surface area (Å²) in [5.41, 5.74) is 0. The maximum atomic E-state index is 12.4. The van der Waals surface area contributed by atoms with Gasteiger partial charge in [-0.1, -0.05) is 18.7 Å². The van der Waals surface area contributed by atoms with E-state index < -0.39 is 5.97 Å². The molecule has 0 spiro atoms. The van der Waals surface area contributed by atoms with E-state index in [1.165, 1.54) is 22.7 Å². The zero-order valence-electron chi connectivity index (χ0n) is 13.0. The quantitative estimate of drug-likeness (QED) is 0.574. The highest BCUT2D eigenvalue weighted by atomic mass is 32.2. The number of esters is 1. The topological polar surface area (TPSA) is 66.9 Å². The summed E-state index contributed by atoms with van der Waals surface area (Å²) >= 11 is 1.27. The Morgan fingerprint density at radius 1 is 1.45 bits per heavy atom. The third-order valence-electron chi connectivity index (χ3n) is 3.74. The molecule has 122 valence electrons. The monoisotopic (exact) mass is 326 g/mol. The summed E-state index contributed by atoms with van der Waals surface area (Å²) < 4.78 is 4.86. The van der Waals surface area contributed by atoms with Crippen molar-refractivity contribution in [1.29, 1.82) is 0 Å². The van der Waals surface area contributed by atoms with Crippen LogP contribution in [0.4, 0.5) is 0 Å². The van der Waals surface area contributed by atoms with Gasteiger partial charge < -0.3 is 9.64 Å². The molecule has 0 aromatic rings. The molecule has 2 aliphatic rings. The molecule has 7 heteroatoms. The van der Waals surface area contributed by atoms with E-state index >= 15 is 0 Å². The smallest absolute Gasteiger partial charge is 0.333 e. The highest BCUT2D eigenvalue weighted by molar-refractivity contribution is 8.04. The van der Waals surface area contributed by atoms with Crippen LogP contribution in [0.25, 0.3) is 0 Å². The van der Waals surface area contributed by atoms with E-state index in [0.717, 1.165) is 25.9 Å². The summed E-state index contributed by atoms with van der Waals surface area (Å²) in [6.45, 7) is 5.63. The van der Waals surface area contributed by atoms with E-state index in [0.29, 0.717) is 10.9 Å². The summed E-state index contributed by atoms with van der Waals surface area (Å²) in [7, 11) is 0. The number of piperidine rings is 1. The van der Waals surface area contributed by atoms with Gasteiger partial charge in [0.1, 0.15) is 6.54 Å². The van der Waals surface area contributed by atoms with Crippen LogP contribution in [0, 0.1) is 5.92 Å². The number of nitrogens with zero attached hydrogens (tertiary/aromatic N) is 2. The average molecular weight is 326 g/mol. The number of likely N-dealkylation sites (tertiary alicyclic amines) is 1. The van der Waals surface area contributed by atoms with E-state index in [1.807, 2.05) is 4.90 Å². The summed E-state index contributed by atoms with van der Waals surface area (Å²) in [4.78, 5) is 39.1. The molecule has 0 bridgehead atoms. The maximum absolute atomic E-state index is 12.4. The number of carbonyl (C=O) groups is 3. The van der Waals surface area contributed by atoms with E-state index in [1.54, 1.807) is 6.92 Å².